The first-order valence-corrected chi connectivity index (χ1v) is 15.5. The van der Waals surface area contributed by atoms with E-state index in [1.807, 2.05) is 32.0 Å². The zero-order valence-electron chi connectivity index (χ0n) is 23.0. The van der Waals surface area contributed by atoms with E-state index < -0.39 is 10.0 Å². The van der Waals surface area contributed by atoms with Crippen LogP contribution in [-0.2, 0) is 10.0 Å². The number of sulfonamides is 1. The first-order chi connectivity index (χ1) is 19.2. The van der Waals surface area contributed by atoms with E-state index in [0.717, 1.165) is 29.8 Å². The number of rotatable bonds is 3. The van der Waals surface area contributed by atoms with E-state index in [1.165, 1.54) is 37.8 Å². The first kappa shape index (κ1) is 26.7. The normalized spacial score (nSPS) is 21.4. The Morgan fingerprint density at radius 1 is 0.975 bits per heavy atom. The summed E-state index contributed by atoms with van der Waals surface area (Å²) in [7, 11) is -4.06. The van der Waals surface area contributed by atoms with Crippen molar-refractivity contribution in [2.45, 2.75) is 50.5 Å². The summed E-state index contributed by atoms with van der Waals surface area (Å²) in [5, 5.41) is 0. The Labute approximate surface area is 235 Å². The summed E-state index contributed by atoms with van der Waals surface area (Å²) in [6.07, 6.45) is 4.69. The highest BCUT2D eigenvalue weighted by Crippen LogP contribution is 2.31. The van der Waals surface area contributed by atoms with E-state index in [2.05, 4.69) is 19.6 Å². The summed E-state index contributed by atoms with van der Waals surface area (Å²) in [6.45, 7) is 7.30. The maximum absolute atomic E-state index is 13.6. The second kappa shape index (κ2) is 10.8. The molecule has 3 aromatic rings. The zero-order chi connectivity index (χ0) is 27.9. The highest BCUT2D eigenvalue weighted by Gasteiger charge is 2.31. The molecule has 3 heterocycles. The van der Waals surface area contributed by atoms with Crippen molar-refractivity contribution in [3.05, 3.63) is 65.2 Å². The van der Waals surface area contributed by atoms with Crippen molar-refractivity contribution >= 4 is 21.9 Å². The second-order valence-corrected chi connectivity index (χ2v) is 12.9. The number of nitrogens with one attached hydrogen (secondary N) is 1. The van der Waals surface area contributed by atoms with Crippen LogP contribution in [0, 0.1) is 19.8 Å². The summed E-state index contributed by atoms with van der Waals surface area (Å²) in [4.78, 5) is 26.9. The molecule has 2 aliphatic heterocycles. The Morgan fingerprint density at radius 3 is 2.50 bits per heavy atom. The number of nitrogens with zero attached hydrogens (tertiary/aromatic N) is 4. The van der Waals surface area contributed by atoms with Crippen LogP contribution in [0.25, 0.3) is 11.3 Å². The molecular formula is C30H35N5O4S. The predicted molar refractivity (Wildman–Crippen MR) is 153 cm³/mol. The van der Waals surface area contributed by atoms with Gasteiger partial charge in [-0.15, -0.1) is 0 Å². The summed E-state index contributed by atoms with van der Waals surface area (Å²) < 4.78 is 35.8. The molecule has 6 rings (SSSR count). The number of fused-ring (bicyclic) bond motifs is 6. The van der Waals surface area contributed by atoms with E-state index in [-0.39, 0.29) is 28.7 Å². The maximum atomic E-state index is 13.6. The fourth-order valence-electron chi connectivity index (χ4n) is 6.23. The van der Waals surface area contributed by atoms with Crippen LogP contribution < -0.4 is 9.46 Å². The molecule has 1 aromatic heterocycles. The van der Waals surface area contributed by atoms with Gasteiger partial charge in [-0.05, 0) is 61.9 Å². The molecule has 2 aromatic carbocycles. The Hall–Kier alpha value is -3.50. The molecular weight excluding hydrogens is 526 g/mol. The fraction of sp³-hybridized carbons (Fsp3) is 0.433. The lowest BCUT2D eigenvalue weighted by molar-refractivity contribution is 0.0689. The molecule has 0 unspecified atom stereocenters. The molecule has 0 radical (unpaired) electrons. The molecule has 1 atom stereocenters. The van der Waals surface area contributed by atoms with Crippen LogP contribution in [0.3, 0.4) is 0 Å². The zero-order valence-corrected chi connectivity index (χ0v) is 23.8. The van der Waals surface area contributed by atoms with Crippen molar-refractivity contribution in [2.24, 2.45) is 5.92 Å². The minimum Gasteiger partial charge on any atom is -0.471 e. The van der Waals surface area contributed by atoms with Gasteiger partial charge in [0.05, 0.1) is 17.1 Å². The molecule has 6 bridgehead atoms. The number of ether oxygens (including phenoxy) is 1. The number of anilines is 1. The third-order valence-electron chi connectivity index (χ3n) is 8.19. The van der Waals surface area contributed by atoms with Gasteiger partial charge in [-0.1, -0.05) is 37.1 Å². The minimum atomic E-state index is -4.06. The van der Waals surface area contributed by atoms with Gasteiger partial charge in [-0.25, -0.2) is 18.1 Å². The standard InChI is InChI=1S/C30H35N5O4S/c1-20-7-5-8-21(2)28(20)26-16-27-32-30(31-26)33-40(37,38)25-12-6-11-23(15-25)29(36)35-14-13-34(18-24(19-35)39-27)17-22-9-3-4-10-22/h5-8,11-12,15-16,22,24H,3-4,9-10,13-14,17-19H2,1-2H3,(H,31,32,33)/t24-/m1/s1. The highest BCUT2D eigenvalue weighted by atomic mass is 32.2. The van der Waals surface area contributed by atoms with E-state index in [9.17, 15) is 13.2 Å². The van der Waals surface area contributed by atoms with Crippen LogP contribution in [0.2, 0.25) is 0 Å². The summed E-state index contributed by atoms with van der Waals surface area (Å²) in [6, 6.07) is 13.9. The van der Waals surface area contributed by atoms with Crippen LogP contribution >= 0.6 is 0 Å². The van der Waals surface area contributed by atoms with E-state index >= 15 is 0 Å². The number of carbonyl (C=O) groups excluding carboxylic acids is 1. The van der Waals surface area contributed by atoms with Gasteiger partial charge in [0, 0.05) is 43.4 Å². The van der Waals surface area contributed by atoms with E-state index in [4.69, 9.17) is 4.74 Å². The summed E-state index contributed by atoms with van der Waals surface area (Å²) >= 11 is 0. The van der Waals surface area contributed by atoms with Crippen LogP contribution in [0.5, 0.6) is 5.88 Å². The maximum Gasteiger partial charge on any atom is 0.264 e. The lowest BCUT2D eigenvalue weighted by Crippen LogP contribution is -2.41. The quantitative estimate of drug-likeness (QED) is 0.509. The smallest absolute Gasteiger partial charge is 0.264 e. The lowest BCUT2D eigenvalue weighted by Gasteiger charge is -2.26. The number of benzene rings is 2. The van der Waals surface area contributed by atoms with Crippen LogP contribution in [0.15, 0.2) is 53.4 Å². The molecule has 3 aliphatic rings. The van der Waals surface area contributed by atoms with Gasteiger partial charge in [-0.2, -0.15) is 4.98 Å². The SMILES string of the molecule is Cc1cccc(C)c1-c1cc2nc(n1)NS(=O)(=O)c1cccc(c1)C(=O)N1CCN(CC3CCCC3)C[C@H](C1)O2. The Kier molecular flexibility index (Phi) is 7.22. The second-order valence-electron chi connectivity index (χ2n) is 11.2. The molecule has 10 heteroatoms. The highest BCUT2D eigenvalue weighted by molar-refractivity contribution is 7.92. The fourth-order valence-corrected chi connectivity index (χ4v) is 7.21. The third-order valence-corrected chi connectivity index (χ3v) is 9.52. The summed E-state index contributed by atoms with van der Waals surface area (Å²) in [5.41, 5.74) is 3.83. The third kappa shape index (κ3) is 5.55. The molecule has 2 fully saturated rings. The molecule has 210 valence electrons. The molecule has 9 nitrogen and oxygen atoms in total. The number of carbonyl (C=O) groups is 1. The van der Waals surface area contributed by atoms with Gasteiger partial charge in [0.2, 0.25) is 11.8 Å². The molecule has 40 heavy (non-hydrogen) atoms. The molecule has 1 N–H and O–H groups in total. The molecule has 1 saturated heterocycles. The summed E-state index contributed by atoms with van der Waals surface area (Å²) in [5.74, 6) is 0.665. The average Bonchev–Trinajstić information content (AvgIpc) is 3.34. The Morgan fingerprint density at radius 2 is 1.73 bits per heavy atom. The molecule has 1 amide bonds. The van der Waals surface area contributed by atoms with Crippen molar-refractivity contribution in [3.8, 4) is 17.1 Å². The predicted octanol–water partition coefficient (Wildman–Crippen LogP) is 4.27. The average molecular weight is 562 g/mol. The molecule has 1 saturated carbocycles. The van der Waals surface area contributed by atoms with E-state index in [0.29, 0.717) is 36.8 Å². The van der Waals surface area contributed by atoms with Crippen molar-refractivity contribution in [1.82, 2.24) is 19.8 Å². The molecule has 1 aliphatic carbocycles. The minimum absolute atomic E-state index is 0.0182. The van der Waals surface area contributed by atoms with Crippen LogP contribution in [0.1, 0.15) is 47.2 Å². The Balaban J connectivity index is 1.45. The van der Waals surface area contributed by atoms with Gasteiger partial charge >= 0.3 is 0 Å². The van der Waals surface area contributed by atoms with E-state index in [1.54, 1.807) is 23.1 Å². The van der Waals surface area contributed by atoms with Crippen molar-refractivity contribution in [3.63, 3.8) is 0 Å². The van der Waals surface area contributed by atoms with Gasteiger partial charge in [-0.3, -0.25) is 9.69 Å². The monoisotopic (exact) mass is 561 g/mol. The number of aryl methyl sites for hydroxylation is 2. The topological polar surface area (TPSA) is 105 Å². The van der Waals surface area contributed by atoms with Crippen molar-refractivity contribution in [2.75, 3.05) is 37.4 Å². The van der Waals surface area contributed by atoms with Gasteiger partial charge in [0.15, 0.2) is 0 Å². The van der Waals surface area contributed by atoms with Gasteiger partial charge in [0.1, 0.15) is 6.10 Å². The van der Waals surface area contributed by atoms with Gasteiger partial charge < -0.3 is 9.64 Å². The van der Waals surface area contributed by atoms with Crippen molar-refractivity contribution < 1.29 is 17.9 Å². The van der Waals surface area contributed by atoms with Crippen molar-refractivity contribution in [1.29, 1.82) is 0 Å². The van der Waals surface area contributed by atoms with Crippen LogP contribution in [-0.4, -0.2) is 72.9 Å². The van der Waals surface area contributed by atoms with Gasteiger partial charge in [0.25, 0.3) is 15.9 Å². The lowest BCUT2D eigenvalue weighted by atomic mass is 10.00. The number of aromatic nitrogens is 2. The number of hydrogen-bond acceptors (Lipinski definition) is 7. The molecule has 0 spiro atoms. The number of amides is 1. The Bertz CT molecular complexity index is 1520. The number of hydrogen-bond donors (Lipinski definition) is 1. The largest absolute Gasteiger partial charge is 0.471 e. The van der Waals surface area contributed by atoms with Crippen LogP contribution in [0.4, 0.5) is 5.95 Å². The first-order valence-electron chi connectivity index (χ1n) is 14.0.